The molecule has 5 nitrogen and oxygen atoms in total. The number of nitrogens with zero attached hydrogens (tertiary/aromatic N) is 2. The van der Waals surface area contributed by atoms with Gasteiger partial charge < -0.3 is 10.2 Å². The molecular weight excluding hydrogens is 335 g/mol. The third kappa shape index (κ3) is 2.65. The summed E-state index contributed by atoms with van der Waals surface area (Å²) in [7, 11) is 1.51. The molecule has 0 aromatic heterocycles. The molecule has 0 radical (unpaired) electrons. The van der Waals surface area contributed by atoms with Gasteiger partial charge in [0.15, 0.2) is 11.6 Å². The molecule has 2 atom stereocenters. The van der Waals surface area contributed by atoms with Crippen LogP contribution < -0.4 is 5.32 Å². The van der Waals surface area contributed by atoms with Gasteiger partial charge in [-0.05, 0) is 19.4 Å². The van der Waals surface area contributed by atoms with Crippen molar-refractivity contribution in [1.82, 2.24) is 15.1 Å². The highest BCUT2D eigenvalue weighted by molar-refractivity contribution is 6.01. The average Bonchev–Trinajstić information content (AvgIpc) is 2.92. The monoisotopic (exact) mass is 353 g/mol. The number of urea groups is 1. The summed E-state index contributed by atoms with van der Waals surface area (Å²) in [4.78, 5) is 27.9. The zero-order chi connectivity index (χ0) is 18.5. The molecule has 0 fully saturated rings. The first-order valence-corrected chi connectivity index (χ1v) is 7.98. The van der Waals surface area contributed by atoms with Crippen molar-refractivity contribution in [3.63, 3.8) is 0 Å². The second-order valence-electron chi connectivity index (χ2n) is 6.28. The molecule has 0 aliphatic carbocycles. The van der Waals surface area contributed by atoms with Crippen molar-refractivity contribution in [2.75, 3.05) is 13.6 Å². The summed E-state index contributed by atoms with van der Waals surface area (Å²) in [6, 6.07) is -0.662. The Morgan fingerprint density at radius 3 is 2.48 bits per heavy atom. The Morgan fingerprint density at radius 2 is 1.84 bits per heavy atom. The number of carbonyl (C=O) groups excluding carboxylic acids is 2. The van der Waals surface area contributed by atoms with Crippen molar-refractivity contribution in [3.05, 3.63) is 46.4 Å². The third-order valence-electron chi connectivity index (χ3n) is 4.86. The maximum absolute atomic E-state index is 14.2. The summed E-state index contributed by atoms with van der Waals surface area (Å²) >= 11 is 0. The highest BCUT2D eigenvalue weighted by Gasteiger charge is 2.44. The Hall–Kier alpha value is -2.51. The minimum absolute atomic E-state index is 0.0722. The zero-order valence-electron chi connectivity index (χ0n) is 14.1. The van der Waals surface area contributed by atoms with E-state index < -0.39 is 29.5 Å². The molecule has 0 bridgehead atoms. The van der Waals surface area contributed by atoms with Gasteiger partial charge in [-0.1, -0.05) is 6.92 Å². The van der Waals surface area contributed by atoms with E-state index in [1.807, 2.05) is 13.8 Å². The Balaban J connectivity index is 2.10. The zero-order valence-corrected chi connectivity index (χ0v) is 14.1. The predicted octanol–water partition coefficient (Wildman–Crippen LogP) is 2.69. The molecule has 3 rings (SSSR count). The van der Waals surface area contributed by atoms with Crippen LogP contribution in [0.15, 0.2) is 23.4 Å². The van der Waals surface area contributed by atoms with Gasteiger partial charge in [0.2, 0.25) is 0 Å². The molecule has 2 aliphatic heterocycles. The summed E-state index contributed by atoms with van der Waals surface area (Å²) in [5, 5.41) is 2.50. The molecule has 8 heteroatoms. The van der Waals surface area contributed by atoms with Gasteiger partial charge in [0.05, 0.1) is 23.9 Å². The molecule has 0 unspecified atom stereocenters. The highest BCUT2D eigenvalue weighted by Crippen LogP contribution is 2.37. The molecule has 1 aromatic rings. The predicted molar refractivity (Wildman–Crippen MR) is 83.8 cm³/mol. The third-order valence-corrected chi connectivity index (χ3v) is 4.86. The van der Waals surface area contributed by atoms with Crippen LogP contribution >= 0.6 is 0 Å². The average molecular weight is 353 g/mol. The number of nitrogens with one attached hydrogen (secondary N) is 1. The SMILES string of the molecule is CC[C@@H](C)N1CC2=C(C1=O)[C@@H](c1cc(F)c(F)cc1F)NC(=O)N2C. The van der Waals surface area contributed by atoms with Gasteiger partial charge in [0.1, 0.15) is 5.82 Å². The fourth-order valence-corrected chi connectivity index (χ4v) is 3.16. The number of rotatable bonds is 3. The molecule has 1 N–H and O–H groups in total. The molecule has 25 heavy (non-hydrogen) atoms. The first kappa shape index (κ1) is 17.3. The Kier molecular flexibility index (Phi) is 4.22. The van der Waals surface area contributed by atoms with Crippen molar-refractivity contribution in [2.45, 2.75) is 32.4 Å². The second kappa shape index (κ2) is 6.09. The van der Waals surface area contributed by atoms with Crippen LogP contribution in [0.5, 0.6) is 0 Å². The molecular formula is C17H18F3N3O2. The van der Waals surface area contributed by atoms with E-state index in [4.69, 9.17) is 0 Å². The lowest BCUT2D eigenvalue weighted by Crippen LogP contribution is -2.45. The van der Waals surface area contributed by atoms with Crippen molar-refractivity contribution < 1.29 is 22.8 Å². The molecule has 0 saturated heterocycles. The normalized spacial score (nSPS) is 21.6. The maximum atomic E-state index is 14.2. The number of hydrogen-bond acceptors (Lipinski definition) is 2. The number of halogens is 3. The molecule has 134 valence electrons. The van der Waals surface area contributed by atoms with E-state index in [0.29, 0.717) is 24.3 Å². The summed E-state index contributed by atoms with van der Waals surface area (Å²) in [5.41, 5.74) is 0.364. The number of likely N-dealkylation sites (N-methyl/N-ethyl adjacent to an activating group) is 1. The maximum Gasteiger partial charge on any atom is 0.322 e. The Bertz CT molecular complexity index is 794. The number of benzene rings is 1. The number of amides is 3. The van der Waals surface area contributed by atoms with Crippen LogP contribution in [0.4, 0.5) is 18.0 Å². The molecule has 2 heterocycles. The topological polar surface area (TPSA) is 52.7 Å². The fraction of sp³-hybridized carbons (Fsp3) is 0.412. The van der Waals surface area contributed by atoms with Gasteiger partial charge in [-0.2, -0.15) is 0 Å². The van der Waals surface area contributed by atoms with Crippen molar-refractivity contribution in [1.29, 1.82) is 0 Å². The Morgan fingerprint density at radius 1 is 1.20 bits per heavy atom. The van der Waals surface area contributed by atoms with Crippen LogP contribution in [0.25, 0.3) is 0 Å². The van der Waals surface area contributed by atoms with Crippen LogP contribution in [-0.2, 0) is 4.79 Å². The van der Waals surface area contributed by atoms with Crippen LogP contribution in [0.3, 0.4) is 0 Å². The first-order valence-electron chi connectivity index (χ1n) is 7.98. The lowest BCUT2D eigenvalue weighted by Gasteiger charge is -2.31. The van der Waals surface area contributed by atoms with Crippen molar-refractivity contribution in [2.24, 2.45) is 0 Å². The lowest BCUT2D eigenvalue weighted by molar-refractivity contribution is -0.127. The summed E-state index contributed by atoms with van der Waals surface area (Å²) < 4.78 is 41.1. The number of hydrogen-bond donors (Lipinski definition) is 1. The summed E-state index contributed by atoms with van der Waals surface area (Å²) in [6.07, 6.45) is 0.710. The lowest BCUT2D eigenvalue weighted by atomic mass is 9.95. The van der Waals surface area contributed by atoms with E-state index in [9.17, 15) is 22.8 Å². The van der Waals surface area contributed by atoms with Crippen LogP contribution in [-0.4, -0.2) is 41.4 Å². The summed E-state index contributed by atoms with van der Waals surface area (Å²) in [5.74, 6) is -3.93. The quantitative estimate of drug-likeness (QED) is 0.850. The van der Waals surface area contributed by atoms with Gasteiger partial charge in [-0.25, -0.2) is 18.0 Å². The van der Waals surface area contributed by atoms with Crippen LogP contribution in [0.2, 0.25) is 0 Å². The largest absolute Gasteiger partial charge is 0.330 e. The first-order chi connectivity index (χ1) is 11.8. The number of carbonyl (C=O) groups is 2. The van der Waals surface area contributed by atoms with E-state index in [2.05, 4.69) is 5.32 Å². The minimum Gasteiger partial charge on any atom is -0.330 e. The highest BCUT2D eigenvalue weighted by atomic mass is 19.2. The summed E-state index contributed by atoms with van der Waals surface area (Å²) in [6.45, 7) is 4.02. The van der Waals surface area contributed by atoms with Gasteiger partial charge in [0, 0.05) is 24.7 Å². The van der Waals surface area contributed by atoms with Crippen molar-refractivity contribution in [3.8, 4) is 0 Å². The molecule has 0 saturated carbocycles. The van der Waals surface area contributed by atoms with E-state index >= 15 is 0 Å². The smallest absolute Gasteiger partial charge is 0.322 e. The molecule has 1 aromatic carbocycles. The van der Waals surface area contributed by atoms with Crippen molar-refractivity contribution >= 4 is 11.9 Å². The second-order valence-corrected chi connectivity index (χ2v) is 6.28. The van der Waals surface area contributed by atoms with Crippen LogP contribution in [0, 0.1) is 17.5 Å². The fourth-order valence-electron chi connectivity index (χ4n) is 3.16. The molecule has 0 spiro atoms. The van der Waals surface area contributed by atoms with E-state index in [1.54, 1.807) is 4.90 Å². The minimum atomic E-state index is -1.33. The molecule has 2 aliphatic rings. The van der Waals surface area contributed by atoms with Gasteiger partial charge in [-0.15, -0.1) is 0 Å². The van der Waals surface area contributed by atoms with E-state index in [0.717, 1.165) is 0 Å². The van der Waals surface area contributed by atoms with E-state index in [1.165, 1.54) is 11.9 Å². The van der Waals surface area contributed by atoms with E-state index in [-0.39, 0.29) is 29.6 Å². The van der Waals surface area contributed by atoms with Gasteiger partial charge in [0.25, 0.3) is 5.91 Å². The van der Waals surface area contributed by atoms with Gasteiger partial charge >= 0.3 is 6.03 Å². The van der Waals surface area contributed by atoms with Crippen LogP contribution in [0.1, 0.15) is 31.9 Å². The van der Waals surface area contributed by atoms with Gasteiger partial charge in [-0.3, -0.25) is 9.69 Å². The standard InChI is InChI=1S/C17H18F3N3O2/c1-4-8(2)23-7-13-14(16(23)24)15(21-17(25)22(13)3)9-5-11(19)12(20)6-10(9)18/h5-6,8,15H,4,7H2,1-3H3,(H,21,25)/t8-,15-/m1/s1. The Labute approximate surface area is 143 Å². The molecule has 3 amide bonds.